The van der Waals surface area contributed by atoms with Crippen LogP contribution < -0.4 is 4.74 Å². The first-order valence-corrected chi connectivity index (χ1v) is 6.85. The van der Waals surface area contributed by atoms with Crippen molar-refractivity contribution in [2.45, 2.75) is 26.0 Å². The second-order valence-electron chi connectivity index (χ2n) is 4.89. The first kappa shape index (κ1) is 12.6. The maximum absolute atomic E-state index is 5.61. The zero-order valence-electron chi connectivity index (χ0n) is 11.0. The van der Waals surface area contributed by atoms with Gasteiger partial charge in [0.25, 0.3) is 0 Å². The van der Waals surface area contributed by atoms with Crippen molar-refractivity contribution in [3.05, 3.63) is 16.9 Å². The predicted molar refractivity (Wildman–Crippen MR) is 75.0 cm³/mol. The van der Waals surface area contributed by atoms with Gasteiger partial charge in [-0.05, 0) is 31.6 Å². The largest absolute Gasteiger partial charge is 0.481 e. The number of imidazole rings is 1. The highest BCUT2D eigenvalue weighted by molar-refractivity contribution is 7.71. The Morgan fingerprint density at radius 1 is 1.58 bits per heavy atom. The lowest BCUT2D eigenvalue weighted by molar-refractivity contribution is 0.102. The van der Waals surface area contributed by atoms with Crippen LogP contribution in [0.4, 0.5) is 0 Å². The SMILES string of the molecule is COc1ccc2[nH]c(=S)n(CC3CCOC3C)c2n1. The molecule has 0 bridgehead atoms. The van der Waals surface area contributed by atoms with Crippen LogP contribution >= 0.6 is 12.2 Å². The van der Waals surface area contributed by atoms with E-state index in [2.05, 4.69) is 16.9 Å². The molecule has 2 atom stereocenters. The minimum Gasteiger partial charge on any atom is -0.481 e. The molecule has 3 heterocycles. The van der Waals surface area contributed by atoms with Gasteiger partial charge < -0.3 is 19.0 Å². The molecule has 0 amide bonds. The van der Waals surface area contributed by atoms with E-state index in [-0.39, 0.29) is 6.10 Å². The van der Waals surface area contributed by atoms with Crippen LogP contribution in [0.1, 0.15) is 13.3 Å². The van der Waals surface area contributed by atoms with Crippen molar-refractivity contribution in [1.82, 2.24) is 14.5 Å². The fourth-order valence-electron chi connectivity index (χ4n) is 2.55. The summed E-state index contributed by atoms with van der Waals surface area (Å²) in [7, 11) is 1.62. The summed E-state index contributed by atoms with van der Waals surface area (Å²) in [6, 6.07) is 3.78. The maximum atomic E-state index is 5.61. The molecular formula is C13H17N3O2S. The molecule has 3 rings (SSSR count). The van der Waals surface area contributed by atoms with Crippen molar-refractivity contribution >= 4 is 23.4 Å². The molecule has 1 N–H and O–H groups in total. The molecular weight excluding hydrogens is 262 g/mol. The molecule has 2 aromatic rings. The Kier molecular flexibility index (Phi) is 3.28. The molecule has 0 aliphatic carbocycles. The Hall–Kier alpha value is -1.40. The first-order valence-electron chi connectivity index (χ1n) is 6.44. The molecule has 5 nitrogen and oxygen atoms in total. The van der Waals surface area contributed by atoms with E-state index >= 15 is 0 Å². The number of hydrogen-bond acceptors (Lipinski definition) is 4. The van der Waals surface area contributed by atoms with Gasteiger partial charge >= 0.3 is 0 Å². The number of nitrogens with one attached hydrogen (secondary N) is 1. The van der Waals surface area contributed by atoms with Gasteiger partial charge in [0, 0.05) is 25.1 Å². The summed E-state index contributed by atoms with van der Waals surface area (Å²) in [6.45, 7) is 3.78. The number of rotatable bonds is 3. The molecule has 0 spiro atoms. The number of methoxy groups -OCH3 is 1. The monoisotopic (exact) mass is 279 g/mol. The third-order valence-corrected chi connectivity index (χ3v) is 4.07. The average molecular weight is 279 g/mol. The maximum Gasteiger partial charge on any atom is 0.215 e. The van der Waals surface area contributed by atoms with Gasteiger partial charge in [-0.2, -0.15) is 4.98 Å². The van der Waals surface area contributed by atoms with E-state index in [1.54, 1.807) is 7.11 Å². The van der Waals surface area contributed by atoms with Crippen LogP contribution in [0.5, 0.6) is 5.88 Å². The molecule has 6 heteroatoms. The number of H-pyrrole nitrogens is 1. The fraction of sp³-hybridized carbons (Fsp3) is 0.538. The van der Waals surface area contributed by atoms with Gasteiger partial charge in [-0.15, -0.1) is 0 Å². The van der Waals surface area contributed by atoms with Crippen molar-refractivity contribution in [3.8, 4) is 5.88 Å². The number of aromatic amines is 1. The summed E-state index contributed by atoms with van der Waals surface area (Å²) < 4.78 is 13.5. The number of hydrogen-bond donors (Lipinski definition) is 1. The number of pyridine rings is 1. The predicted octanol–water partition coefficient (Wildman–Crippen LogP) is 2.53. The van der Waals surface area contributed by atoms with E-state index in [1.807, 2.05) is 16.7 Å². The summed E-state index contributed by atoms with van der Waals surface area (Å²) in [5.74, 6) is 1.09. The van der Waals surface area contributed by atoms with E-state index in [0.29, 0.717) is 16.6 Å². The number of aromatic nitrogens is 3. The normalized spacial score (nSPS) is 23.1. The van der Waals surface area contributed by atoms with Crippen molar-refractivity contribution in [1.29, 1.82) is 0 Å². The molecule has 1 saturated heterocycles. The second-order valence-corrected chi connectivity index (χ2v) is 5.28. The average Bonchev–Trinajstić information content (AvgIpc) is 2.94. The highest BCUT2D eigenvalue weighted by Gasteiger charge is 2.25. The summed E-state index contributed by atoms with van der Waals surface area (Å²) in [6.07, 6.45) is 1.34. The number of ether oxygens (including phenoxy) is 2. The lowest BCUT2D eigenvalue weighted by atomic mass is 10.0. The summed E-state index contributed by atoms with van der Waals surface area (Å²) >= 11 is 5.39. The minimum atomic E-state index is 0.275. The Bertz CT molecular complexity index is 649. The van der Waals surface area contributed by atoms with E-state index in [4.69, 9.17) is 21.7 Å². The summed E-state index contributed by atoms with van der Waals surface area (Å²) in [4.78, 5) is 7.67. The Morgan fingerprint density at radius 2 is 2.42 bits per heavy atom. The fourth-order valence-corrected chi connectivity index (χ4v) is 2.82. The molecule has 19 heavy (non-hydrogen) atoms. The highest BCUT2D eigenvalue weighted by atomic mass is 32.1. The van der Waals surface area contributed by atoms with Gasteiger partial charge in [-0.25, -0.2) is 0 Å². The quantitative estimate of drug-likeness (QED) is 0.877. The van der Waals surface area contributed by atoms with E-state index in [0.717, 1.165) is 30.7 Å². The third-order valence-electron chi connectivity index (χ3n) is 3.75. The van der Waals surface area contributed by atoms with Crippen LogP contribution in [0.2, 0.25) is 0 Å². The van der Waals surface area contributed by atoms with Gasteiger partial charge in [-0.3, -0.25) is 0 Å². The molecule has 1 fully saturated rings. The standard InChI is InChI=1S/C13H17N3O2S/c1-8-9(5-6-18-8)7-16-12-10(14-13(16)19)3-4-11(15-12)17-2/h3-4,8-9H,5-7H2,1-2H3,(H,14,19). The van der Waals surface area contributed by atoms with E-state index in [9.17, 15) is 0 Å². The zero-order valence-corrected chi connectivity index (χ0v) is 11.9. The van der Waals surface area contributed by atoms with Crippen molar-refractivity contribution in [3.63, 3.8) is 0 Å². The van der Waals surface area contributed by atoms with Gasteiger partial charge in [0.2, 0.25) is 5.88 Å². The molecule has 0 saturated carbocycles. The van der Waals surface area contributed by atoms with Gasteiger partial charge in [-0.1, -0.05) is 0 Å². The van der Waals surface area contributed by atoms with Crippen LogP contribution in [0.15, 0.2) is 12.1 Å². The second kappa shape index (κ2) is 4.94. The Labute approximate surface area is 116 Å². The van der Waals surface area contributed by atoms with Crippen molar-refractivity contribution in [2.75, 3.05) is 13.7 Å². The minimum absolute atomic E-state index is 0.275. The summed E-state index contributed by atoms with van der Waals surface area (Å²) in [5, 5.41) is 0. The smallest absolute Gasteiger partial charge is 0.215 e. The van der Waals surface area contributed by atoms with Crippen LogP contribution in [0, 0.1) is 10.7 Å². The molecule has 102 valence electrons. The van der Waals surface area contributed by atoms with Gasteiger partial charge in [0.1, 0.15) is 0 Å². The molecule has 1 aliphatic heterocycles. The molecule has 1 aliphatic rings. The first-order chi connectivity index (χ1) is 9.19. The topological polar surface area (TPSA) is 52.1 Å². The highest BCUT2D eigenvalue weighted by Crippen LogP contribution is 2.25. The lowest BCUT2D eigenvalue weighted by Gasteiger charge is -2.14. The zero-order chi connectivity index (χ0) is 13.4. The summed E-state index contributed by atoms with van der Waals surface area (Å²) in [5.41, 5.74) is 1.79. The van der Waals surface area contributed by atoms with Gasteiger partial charge in [0.15, 0.2) is 10.4 Å². The Balaban J connectivity index is 2.01. The van der Waals surface area contributed by atoms with Crippen LogP contribution in [-0.2, 0) is 11.3 Å². The van der Waals surface area contributed by atoms with E-state index in [1.165, 1.54) is 0 Å². The van der Waals surface area contributed by atoms with Crippen LogP contribution in [0.25, 0.3) is 11.2 Å². The van der Waals surface area contributed by atoms with Crippen molar-refractivity contribution < 1.29 is 9.47 Å². The number of nitrogens with zero attached hydrogens (tertiary/aromatic N) is 2. The lowest BCUT2D eigenvalue weighted by Crippen LogP contribution is -2.18. The number of fused-ring (bicyclic) bond motifs is 1. The van der Waals surface area contributed by atoms with Crippen molar-refractivity contribution in [2.24, 2.45) is 5.92 Å². The Morgan fingerprint density at radius 3 is 3.11 bits per heavy atom. The van der Waals surface area contributed by atoms with Gasteiger partial charge in [0.05, 0.1) is 18.7 Å². The molecule has 0 radical (unpaired) electrons. The van der Waals surface area contributed by atoms with Crippen LogP contribution in [-0.4, -0.2) is 34.4 Å². The van der Waals surface area contributed by atoms with E-state index < -0.39 is 0 Å². The molecule has 2 aromatic heterocycles. The third kappa shape index (κ3) is 2.26. The van der Waals surface area contributed by atoms with Crippen LogP contribution in [0.3, 0.4) is 0 Å². The molecule has 0 aromatic carbocycles. The molecule has 2 unspecified atom stereocenters.